The smallest absolute Gasteiger partial charge is 0.224 e. The van der Waals surface area contributed by atoms with E-state index in [4.69, 9.17) is 0 Å². The van der Waals surface area contributed by atoms with E-state index in [1.165, 1.54) is 25.7 Å². The van der Waals surface area contributed by atoms with Gasteiger partial charge in [0.05, 0.1) is 0 Å². The van der Waals surface area contributed by atoms with Crippen molar-refractivity contribution in [2.24, 2.45) is 0 Å². The highest BCUT2D eigenvalue weighted by Crippen LogP contribution is 2.19. The van der Waals surface area contributed by atoms with Crippen molar-refractivity contribution in [3.05, 3.63) is 36.6 Å². The zero-order valence-electron chi connectivity index (χ0n) is 11.4. The molecule has 2 N–H and O–H groups in total. The third-order valence-corrected chi connectivity index (χ3v) is 3.20. The zero-order chi connectivity index (χ0) is 13.3. The van der Waals surface area contributed by atoms with Gasteiger partial charge in [0, 0.05) is 19.3 Å². The molecule has 0 atom stereocenters. The normalized spacial score (nSPS) is 14.6. The molecular weight excluding hydrogens is 236 g/mol. The average molecular weight is 258 g/mol. The monoisotopic (exact) mass is 258 g/mol. The Morgan fingerprint density at radius 3 is 3.05 bits per heavy atom. The molecule has 0 bridgehead atoms. The Hall–Kier alpha value is -1.84. The highest BCUT2D eigenvalue weighted by atomic mass is 15.1. The highest BCUT2D eigenvalue weighted by Gasteiger charge is 2.04. The first-order valence-corrected chi connectivity index (χ1v) is 6.98. The van der Waals surface area contributed by atoms with Gasteiger partial charge in [-0.25, -0.2) is 4.98 Å². The lowest BCUT2D eigenvalue weighted by molar-refractivity contribution is 0.679. The first kappa shape index (κ1) is 13.6. The Morgan fingerprint density at radius 1 is 1.32 bits per heavy atom. The number of hydrogen-bond donors (Lipinski definition) is 2. The molecule has 1 aliphatic carbocycles. The Morgan fingerprint density at radius 2 is 2.26 bits per heavy atom. The van der Waals surface area contributed by atoms with Crippen LogP contribution < -0.4 is 10.6 Å². The van der Waals surface area contributed by atoms with Crippen molar-refractivity contribution in [3.63, 3.8) is 0 Å². The van der Waals surface area contributed by atoms with E-state index in [0.717, 1.165) is 18.8 Å². The fourth-order valence-corrected chi connectivity index (χ4v) is 2.19. The van der Waals surface area contributed by atoms with Gasteiger partial charge in [0.1, 0.15) is 5.82 Å². The lowest BCUT2D eigenvalue weighted by Gasteiger charge is -2.13. The minimum Gasteiger partial charge on any atom is -0.366 e. The summed E-state index contributed by atoms with van der Waals surface area (Å²) in [5, 5.41) is 6.43. The minimum absolute atomic E-state index is 0.686. The quantitative estimate of drug-likeness (QED) is 0.736. The molecule has 0 aliphatic heterocycles. The van der Waals surface area contributed by atoms with Crippen LogP contribution in [0.5, 0.6) is 0 Å². The summed E-state index contributed by atoms with van der Waals surface area (Å²) in [4.78, 5) is 8.61. The molecule has 0 saturated carbocycles. The Kier molecular flexibility index (Phi) is 5.41. The summed E-state index contributed by atoms with van der Waals surface area (Å²) in [6.07, 6.45) is 12.2. The molecule has 1 aromatic heterocycles. The summed E-state index contributed by atoms with van der Waals surface area (Å²) in [6, 6.07) is 1.86. The molecule has 0 radical (unpaired) electrons. The summed E-state index contributed by atoms with van der Waals surface area (Å²) >= 11 is 0. The summed E-state index contributed by atoms with van der Waals surface area (Å²) in [7, 11) is 0. The Bertz CT molecular complexity index is 440. The van der Waals surface area contributed by atoms with Gasteiger partial charge in [-0.1, -0.05) is 17.7 Å². The molecule has 2 rings (SSSR count). The zero-order valence-corrected chi connectivity index (χ0v) is 11.4. The van der Waals surface area contributed by atoms with Crippen molar-refractivity contribution in [2.75, 3.05) is 23.7 Å². The number of nitrogens with one attached hydrogen (secondary N) is 2. The fourth-order valence-electron chi connectivity index (χ4n) is 2.19. The van der Waals surface area contributed by atoms with Crippen molar-refractivity contribution >= 4 is 11.8 Å². The highest BCUT2D eigenvalue weighted by molar-refractivity contribution is 5.39. The van der Waals surface area contributed by atoms with E-state index >= 15 is 0 Å². The van der Waals surface area contributed by atoms with E-state index < -0.39 is 0 Å². The lowest BCUT2D eigenvalue weighted by Crippen LogP contribution is -2.09. The van der Waals surface area contributed by atoms with Crippen LogP contribution in [-0.2, 0) is 0 Å². The maximum Gasteiger partial charge on any atom is 0.224 e. The standard InChI is InChI=1S/C15H22N4/c1-2-10-16-14-9-12-18-15(19-14)17-11-8-13-6-4-3-5-7-13/h2,6,9,12H,1,3-5,7-8,10-11H2,(H2,16,17,18,19). The van der Waals surface area contributed by atoms with Crippen molar-refractivity contribution in [2.45, 2.75) is 32.1 Å². The molecule has 4 nitrogen and oxygen atoms in total. The van der Waals surface area contributed by atoms with Gasteiger partial charge in [-0.15, -0.1) is 6.58 Å². The third kappa shape index (κ3) is 4.73. The Labute approximate surface area is 115 Å². The molecule has 0 fully saturated rings. The summed E-state index contributed by atoms with van der Waals surface area (Å²) in [6.45, 7) is 5.28. The number of aromatic nitrogens is 2. The topological polar surface area (TPSA) is 49.8 Å². The molecule has 1 heterocycles. The van der Waals surface area contributed by atoms with Crippen LogP contribution in [0, 0.1) is 0 Å². The molecule has 0 amide bonds. The SMILES string of the molecule is C=CCNc1ccnc(NCCC2=CCCCC2)n1. The summed E-state index contributed by atoms with van der Waals surface area (Å²) in [5.74, 6) is 1.51. The predicted octanol–water partition coefficient (Wildman–Crippen LogP) is 3.38. The van der Waals surface area contributed by atoms with Crippen LogP contribution >= 0.6 is 0 Å². The molecule has 102 valence electrons. The van der Waals surface area contributed by atoms with E-state index in [1.807, 2.05) is 12.1 Å². The number of rotatable bonds is 7. The molecule has 0 saturated heterocycles. The first-order valence-electron chi connectivity index (χ1n) is 6.98. The van der Waals surface area contributed by atoms with Gasteiger partial charge < -0.3 is 10.6 Å². The van der Waals surface area contributed by atoms with Crippen LogP contribution in [-0.4, -0.2) is 23.1 Å². The van der Waals surface area contributed by atoms with Crippen LogP contribution in [0.3, 0.4) is 0 Å². The second-order valence-corrected chi connectivity index (χ2v) is 4.72. The van der Waals surface area contributed by atoms with E-state index in [-0.39, 0.29) is 0 Å². The van der Waals surface area contributed by atoms with Crippen molar-refractivity contribution < 1.29 is 0 Å². The average Bonchev–Trinajstić information content (AvgIpc) is 2.47. The molecule has 1 aromatic rings. The molecule has 0 unspecified atom stereocenters. The van der Waals surface area contributed by atoms with E-state index in [2.05, 4.69) is 33.3 Å². The number of allylic oxidation sites excluding steroid dienone is 1. The van der Waals surface area contributed by atoms with Crippen LogP contribution in [0.1, 0.15) is 32.1 Å². The third-order valence-electron chi connectivity index (χ3n) is 3.20. The summed E-state index contributed by atoms with van der Waals surface area (Å²) < 4.78 is 0. The van der Waals surface area contributed by atoms with E-state index in [9.17, 15) is 0 Å². The minimum atomic E-state index is 0.686. The van der Waals surface area contributed by atoms with E-state index in [0.29, 0.717) is 12.5 Å². The number of nitrogens with zero attached hydrogens (tertiary/aromatic N) is 2. The van der Waals surface area contributed by atoms with Gasteiger partial charge in [-0.3, -0.25) is 0 Å². The van der Waals surface area contributed by atoms with Gasteiger partial charge in [0.25, 0.3) is 0 Å². The molecule has 4 heteroatoms. The van der Waals surface area contributed by atoms with Crippen LogP contribution in [0.4, 0.5) is 11.8 Å². The first-order chi connectivity index (χ1) is 9.38. The number of anilines is 2. The van der Waals surface area contributed by atoms with Crippen molar-refractivity contribution in [3.8, 4) is 0 Å². The van der Waals surface area contributed by atoms with Crippen LogP contribution in [0.25, 0.3) is 0 Å². The van der Waals surface area contributed by atoms with E-state index in [1.54, 1.807) is 11.8 Å². The molecule has 0 spiro atoms. The van der Waals surface area contributed by atoms with Gasteiger partial charge in [0.15, 0.2) is 0 Å². The fraction of sp³-hybridized carbons (Fsp3) is 0.467. The maximum atomic E-state index is 4.39. The molecule has 1 aliphatic rings. The summed E-state index contributed by atoms with van der Waals surface area (Å²) in [5.41, 5.74) is 1.57. The van der Waals surface area contributed by atoms with Gasteiger partial charge >= 0.3 is 0 Å². The lowest BCUT2D eigenvalue weighted by atomic mass is 9.97. The number of hydrogen-bond acceptors (Lipinski definition) is 4. The van der Waals surface area contributed by atoms with Gasteiger partial charge in [0.2, 0.25) is 5.95 Å². The van der Waals surface area contributed by atoms with Gasteiger partial charge in [-0.05, 0) is 38.2 Å². The Balaban J connectivity index is 1.78. The largest absolute Gasteiger partial charge is 0.366 e. The van der Waals surface area contributed by atoms with Gasteiger partial charge in [-0.2, -0.15) is 4.98 Å². The second-order valence-electron chi connectivity index (χ2n) is 4.72. The maximum absolute atomic E-state index is 4.39. The molecular formula is C15H22N4. The second kappa shape index (κ2) is 7.56. The molecule has 0 aromatic carbocycles. The predicted molar refractivity (Wildman–Crippen MR) is 80.4 cm³/mol. The van der Waals surface area contributed by atoms with Crippen LogP contribution in [0.15, 0.2) is 36.6 Å². The van der Waals surface area contributed by atoms with Crippen molar-refractivity contribution in [1.82, 2.24) is 9.97 Å². The van der Waals surface area contributed by atoms with Crippen LogP contribution in [0.2, 0.25) is 0 Å². The van der Waals surface area contributed by atoms with Crippen molar-refractivity contribution in [1.29, 1.82) is 0 Å². The molecule has 19 heavy (non-hydrogen) atoms.